The van der Waals surface area contributed by atoms with E-state index in [-0.39, 0.29) is 22.3 Å². The van der Waals surface area contributed by atoms with Gasteiger partial charge in [-0.1, -0.05) is 26.0 Å². The third-order valence-corrected chi connectivity index (χ3v) is 7.41. The summed E-state index contributed by atoms with van der Waals surface area (Å²) in [5, 5.41) is 0. The van der Waals surface area contributed by atoms with Crippen LogP contribution < -0.4 is 4.74 Å². The monoisotopic (exact) mass is 409 g/mol. The Morgan fingerprint density at radius 1 is 1.21 bits per heavy atom. The van der Waals surface area contributed by atoms with Crippen LogP contribution in [0, 0.1) is 11.3 Å². The first-order valence-corrected chi connectivity index (χ1v) is 11.3. The summed E-state index contributed by atoms with van der Waals surface area (Å²) in [5.41, 5.74) is -0.293. The van der Waals surface area contributed by atoms with E-state index in [0.717, 1.165) is 12.8 Å². The van der Waals surface area contributed by atoms with Gasteiger partial charge < -0.3 is 14.5 Å². The molecule has 0 atom stereocenters. The summed E-state index contributed by atoms with van der Waals surface area (Å²) in [5.74, 6) is 0.636. The molecule has 0 N–H and O–H groups in total. The van der Waals surface area contributed by atoms with E-state index < -0.39 is 10.0 Å². The summed E-state index contributed by atoms with van der Waals surface area (Å²) in [6, 6.07) is 6.88. The average Bonchev–Trinajstić information content (AvgIpc) is 2.65. The highest BCUT2D eigenvalue weighted by molar-refractivity contribution is 7.89. The lowest BCUT2D eigenvalue weighted by Crippen LogP contribution is -2.54. The van der Waals surface area contributed by atoms with E-state index in [1.54, 1.807) is 47.6 Å². The zero-order valence-corrected chi connectivity index (χ0v) is 18.0. The SMILES string of the molecule is CC(C)CN1CC2(CCN(C(=O)N(C)C)CC2)COc2ccccc2S1(=O)=O. The Kier molecular flexibility index (Phi) is 5.91. The molecule has 0 saturated carbocycles. The van der Waals surface area contributed by atoms with E-state index in [9.17, 15) is 13.2 Å². The standard InChI is InChI=1S/C20H31N3O4S/c1-16(2)13-23-14-20(9-11-22(12-10-20)19(24)21(3)4)15-27-17-7-5-6-8-18(17)28(23,25)26/h5-8,16H,9-15H2,1-4H3. The maximum atomic E-state index is 13.4. The molecule has 2 heterocycles. The van der Waals surface area contributed by atoms with Gasteiger partial charge in [0.05, 0.1) is 6.61 Å². The molecule has 3 rings (SSSR count). The number of piperidine rings is 1. The van der Waals surface area contributed by atoms with Crippen LogP contribution in [0.2, 0.25) is 0 Å². The minimum Gasteiger partial charge on any atom is -0.492 e. The van der Waals surface area contributed by atoms with Crippen LogP contribution in [-0.2, 0) is 10.0 Å². The lowest BCUT2D eigenvalue weighted by atomic mass is 9.78. The lowest BCUT2D eigenvalue weighted by Gasteiger charge is -2.45. The van der Waals surface area contributed by atoms with Gasteiger partial charge in [0.1, 0.15) is 10.6 Å². The molecule has 2 aliphatic heterocycles. The summed E-state index contributed by atoms with van der Waals surface area (Å²) in [4.78, 5) is 15.9. The van der Waals surface area contributed by atoms with Crippen LogP contribution in [0.1, 0.15) is 26.7 Å². The second-order valence-electron chi connectivity index (χ2n) is 8.59. The molecule has 2 aliphatic rings. The van der Waals surface area contributed by atoms with Crippen LogP contribution in [0.5, 0.6) is 5.75 Å². The highest BCUT2D eigenvalue weighted by Gasteiger charge is 2.43. The molecule has 1 spiro atoms. The first-order valence-electron chi connectivity index (χ1n) is 9.83. The molecule has 0 aliphatic carbocycles. The number of benzene rings is 1. The first kappa shape index (κ1) is 20.9. The number of hydrogen-bond donors (Lipinski definition) is 0. The predicted octanol–water partition coefficient (Wildman–Crippen LogP) is 2.49. The third kappa shape index (κ3) is 4.12. The number of carbonyl (C=O) groups excluding carboxylic acids is 1. The number of nitrogens with zero attached hydrogens (tertiary/aromatic N) is 3. The smallest absolute Gasteiger partial charge is 0.319 e. The second-order valence-corrected chi connectivity index (χ2v) is 10.5. The molecule has 2 amide bonds. The Hall–Kier alpha value is -1.80. The van der Waals surface area contributed by atoms with Crippen molar-refractivity contribution < 1.29 is 17.9 Å². The third-order valence-electron chi connectivity index (χ3n) is 5.56. The fourth-order valence-corrected chi connectivity index (χ4v) is 5.83. The van der Waals surface area contributed by atoms with Gasteiger partial charge in [0.2, 0.25) is 10.0 Å². The van der Waals surface area contributed by atoms with Crippen molar-refractivity contribution in [2.75, 3.05) is 46.9 Å². The Morgan fingerprint density at radius 2 is 1.86 bits per heavy atom. The Balaban J connectivity index is 1.91. The summed E-state index contributed by atoms with van der Waals surface area (Å²) >= 11 is 0. The van der Waals surface area contributed by atoms with E-state index in [0.29, 0.717) is 38.5 Å². The molecule has 8 heteroatoms. The molecule has 0 aromatic heterocycles. The van der Waals surface area contributed by atoms with Crippen LogP contribution >= 0.6 is 0 Å². The minimum absolute atomic E-state index is 0.00128. The van der Waals surface area contributed by atoms with Crippen molar-refractivity contribution in [2.24, 2.45) is 11.3 Å². The summed E-state index contributed by atoms with van der Waals surface area (Å²) in [6.07, 6.45) is 1.44. The fraction of sp³-hybridized carbons (Fsp3) is 0.650. The van der Waals surface area contributed by atoms with E-state index in [1.807, 2.05) is 18.7 Å². The molecule has 1 aromatic carbocycles. The molecular weight excluding hydrogens is 378 g/mol. The molecule has 0 bridgehead atoms. The van der Waals surface area contributed by atoms with E-state index in [4.69, 9.17) is 4.74 Å². The van der Waals surface area contributed by atoms with Gasteiger partial charge in [-0.05, 0) is 30.9 Å². The van der Waals surface area contributed by atoms with Crippen molar-refractivity contribution in [3.05, 3.63) is 24.3 Å². The molecular formula is C20H31N3O4S. The van der Waals surface area contributed by atoms with E-state index >= 15 is 0 Å². The minimum atomic E-state index is -3.64. The van der Waals surface area contributed by atoms with Gasteiger partial charge in [-0.25, -0.2) is 13.2 Å². The van der Waals surface area contributed by atoms with Crippen molar-refractivity contribution in [1.82, 2.24) is 14.1 Å². The van der Waals surface area contributed by atoms with Gasteiger partial charge >= 0.3 is 6.03 Å². The number of fused-ring (bicyclic) bond motifs is 1. The van der Waals surface area contributed by atoms with Crippen LogP contribution in [0.4, 0.5) is 4.79 Å². The molecule has 1 aromatic rings. The molecule has 156 valence electrons. The highest BCUT2D eigenvalue weighted by atomic mass is 32.2. The Bertz CT molecular complexity index is 814. The molecule has 0 radical (unpaired) electrons. The van der Waals surface area contributed by atoms with Gasteiger partial charge in [0.15, 0.2) is 0 Å². The van der Waals surface area contributed by atoms with Crippen LogP contribution in [-0.4, -0.2) is 75.4 Å². The highest BCUT2D eigenvalue weighted by Crippen LogP contribution is 2.39. The largest absolute Gasteiger partial charge is 0.492 e. The number of amides is 2. The first-order chi connectivity index (χ1) is 13.1. The lowest BCUT2D eigenvalue weighted by molar-refractivity contribution is 0.0400. The molecule has 7 nitrogen and oxygen atoms in total. The Morgan fingerprint density at radius 3 is 2.46 bits per heavy atom. The van der Waals surface area contributed by atoms with Crippen LogP contribution in [0.25, 0.3) is 0 Å². The number of likely N-dealkylation sites (tertiary alicyclic amines) is 1. The van der Waals surface area contributed by atoms with Gasteiger partial charge in [-0.3, -0.25) is 0 Å². The van der Waals surface area contributed by atoms with Gasteiger partial charge in [-0.2, -0.15) is 4.31 Å². The summed E-state index contributed by atoms with van der Waals surface area (Å²) in [6.45, 7) is 6.63. The number of urea groups is 1. The average molecular weight is 410 g/mol. The van der Waals surface area contributed by atoms with E-state index in [1.165, 1.54) is 0 Å². The van der Waals surface area contributed by atoms with Crippen LogP contribution in [0.3, 0.4) is 0 Å². The summed E-state index contributed by atoms with van der Waals surface area (Å²) in [7, 11) is -0.138. The van der Waals surface area contributed by atoms with Crippen LogP contribution in [0.15, 0.2) is 29.2 Å². The Labute approximate surface area is 168 Å². The number of para-hydroxylation sites is 1. The molecule has 28 heavy (non-hydrogen) atoms. The number of ether oxygens (including phenoxy) is 1. The zero-order valence-electron chi connectivity index (χ0n) is 17.2. The number of sulfonamides is 1. The van der Waals surface area contributed by atoms with Gasteiger partial charge in [-0.15, -0.1) is 0 Å². The topological polar surface area (TPSA) is 70.2 Å². The number of rotatable bonds is 2. The molecule has 1 saturated heterocycles. The molecule has 0 unspecified atom stereocenters. The fourth-order valence-electron chi connectivity index (χ4n) is 3.98. The van der Waals surface area contributed by atoms with Gasteiger partial charge in [0.25, 0.3) is 0 Å². The maximum Gasteiger partial charge on any atom is 0.319 e. The van der Waals surface area contributed by atoms with Crippen molar-refractivity contribution >= 4 is 16.1 Å². The second kappa shape index (κ2) is 7.91. The predicted molar refractivity (Wildman–Crippen MR) is 108 cm³/mol. The van der Waals surface area contributed by atoms with Crippen molar-refractivity contribution in [1.29, 1.82) is 0 Å². The normalized spacial score (nSPS) is 21.5. The van der Waals surface area contributed by atoms with E-state index in [2.05, 4.69) is 0 Å². The van der Waals surface area contributed by atoms with Crippen molar-refractivity contribution in [3.8, 4) is 5.75 Å². The van der Waals surface area contributed by atoms with Crippen molar-refractivity contribution in [2.45, 2.75) is 31.6 Å². The quantitative estimate of drug-likeness (QED) is 0.752. The van der Waals surface area contributed by atoms with Crippen molar-refractivity contribution in [3.63, 3.8) is 0 Å². The number of hydrogen-bond acceptors (Lipinski definition) is 4. The summed E-state index contributed by atoms with van der Waals surface area (Å²) < 4.78 is 34.4. The zero-order chi connectivity index (χ0) is 20.5. The maximum absolute atomic E-state index is 13.4. The van der Waals surface area contributed by atoms with Gasteiger partial charge in [0, 0.05) is 45.7 Å². The molecule has 1 fully saturated rings. The number of carbonyl (C=O) groups is 1.